The average molecular weight is 253 g/mol. The highest BCUT2D eigenvalue weighted by atomic mass is 32.1. The zero-order valence-electron chi connectivity index (χ0n) is 10.7. The number of methoxy groups -OCH3 is 1. The first kappa shape index (κ1) is 13.9. The minimum Gasteiger partial charge on any atom is -0.496 e. The fraction of sp³-hybridized carbons (Fsp3) is 0.462. The Labute approximate surface area is 108 Å². The summed E-state index contributed by atoms with van der Waals surface area (Å²) in [4.78, 5) is 11.2. The van der Waals surface area contributed by atoms with Crippen LogP contribution in [-0.2, 0) is 0 Å². The predicted octanol–water partition coefficient (Wildman–Crippen LogP) is 3.42. The molecule has 0 fully saturated rings. The van der Waals surface area contributed by atoms with E-state index in [4.69, 9.17) is 4.74 Å². The first-order valence-corrected chi connectivity index (χ1v) is 5.93. The van der Waals surface area contributed by atoms with Gasteiger partial charge in [0.1, 0.15) is 5.75 Å². The van der Waals surface area contributed by atoms with Crippen molar-refractivity contribution in [3.63, 3.8) is 0 Å². The summed E-state index contributed by atoms with van der Waals surface area (Å²) >= 11 is 3.79. The molecule has 0 bridgehead atoms. The lowest BCUT2D eigenvalue weighted by molar-refractivity contribution is 0.236. The van der Waals surface area contributed by atoms with Gasteiger partial charge in [0.25, 0.3) is 5.24 Å². The van der Waals surface area contributed by atoms with E-state index in [9.17, 15) is 4.79 Å². The van der Waals surface area contributed by atoms with Gasteiger partial charge in [-0.1, -0.05) is 51.6 Å². The fourth-order valence-corrected chi connectivity index (χ4v) is 1.92. The topological polar surface area (TPSA) is 38.3 Å². The molecule has 1 atom stereocenters. The Balaban J connectivity index is 3.17. The van der Waals surface area contributed by atoms with E-state index in [0.717, 1.165) is 11.3 Å². The minimum absolute atomic E-state index is 0.118. The number of hydrogen-bond donors (Lipinski definition) is 2. The molecule has 0 aliphatic rings. The predicted molar refractivity (Wildman–Crippen MR) is 72.7 cm³/mol. The van der Waals surface area contributed by atoms with Gasteiger partial charge in [-0.3, -0.25) is 4.79 Å². The fourth-order valence-electron chi connectivity index (χ4n) is 1.79. The van der Waals surface area contributed by atoms with Gasteiger partial charge in [0.15, 0.2) is 0 Å². The van der Waals surface area contributed by atoms with Crippen LogP contribution >= 0.6 is 12.6 Å². The summed E-state index contributed by atoms with van der Waals surface area (Å²) < 4.78 is 5.33. The third-order valence-electron chi connectivity index (χ3n) is 2.58. The van der Waals surface area contributed by atoms with Crippen molar-refractivity contribution in [2.45, 2.75) is 26.8 Å². The van der Waals surface area contributed by atoms with Crippen molar-refractivity contribution in [1.29, 1.82) is 0 Å². The molecule has 3 nitrogen and oxygen atoms in total. The van der Waals surface area contributed by atoms with Crippen molar-refractivity contribution in [2.24, 2.45) is 5.41 Å². The van der Waals surface area contributed by atoms with Crippen LogP contribution in [0, 0.1) is 5.41 Å². The van der Waals surface area contributed by atoms with Crippen LogP contribution in [-0.4, -0.2) is 12.3 Å². The van der Waals surface area contributed by atoms with Crippen LogP contribution in [0.15, 0.2) is 24.3 Å². The van der Waals surface area contributed by atoms with Crippen LogP contribution in [0.4, 0.5) is 4.79 Å². The van der Waals surface area contributed by atoms with E-state index in [0.29, 0.717) is 0 Å². The van der Waals surface area contributed by atoms with Crippen LogP contribution in [0.5, 0.6) is 5.75 Å². The molecule has 0 aliphatic carbocycles. The molecule has 0 heterocycles. The highest BCUT2D eigenvalue weighted by Gasteiger charge is 2.29. The highest BCUT2D eigenvalue weighted by Crippen LogP contribution is 2.37. The molecule has 0 aliphatic heterocycles. The van der Waals surface area contributed by atoms with Crippen LogP contribution in [0.1, 0.15) is 32.4 Å². The summed E-state index contributed by atoms with van der Waals surface area (Å²) in [6.45, 7) is 6.19. The zero-order valence-corrected chi connectivity index (χ0v) is 11.5. The van der Waals surface area contributed by atoms with Gasteiger partial charge >= 0.3 is 0 Å². The van der Waals surface area contributed by atoms with Crippen LogP contribution in [0.25, 0.3) is 0 Å². The maximum Gasteiger partial charge on any atom is 0.276 e. The monoisotopic (exact) mass is 253 g/mol. The Morgan fingerprint density at radius 1 is 1.35 bits per heavy atom. The number of amides is 1. The van der Waals surface area contributed by atoms with Gasteiger partial charge in [-0.25, -0.2) is 0 Å². The molecule has 4 heteroatoms. The number of para-hydroxylation sites is 1. The molecule has 1 N–H and O–H groups in total. The Bertz CT molecular complexity index is 399. The Morgan fingerprint density at radius 2 is 1.94 bits per heavy atom. The van der Waals surface area contributed by atoms with Crippen molar-refractivity contribution >= 4 is 17.9 Å². The van der Waals surface area contributed by atoms with Crippen molar-refractivity contribution in [3.05, 3.63) is 29.8 Å². The third-order valence-corrected chi connectivity index (χ3v) is 2.71. The molecule has 1 rings (SSSR count). The second-order valence-corrected chi connectivity index (χ2v) is 5.40. The molecule has 1 aromatic carbocycles. The molecular weight excluding hydrogens is 234 g/mol. The normalized spacial score (nSPS) is 13.0. The van der Waals surface area contributed by atoms with Gasteiger partial charge in [-0.05, 0) is 11.5 Å². The molecule has 0 aromatic heterocycles. The van der Waals surface area contributed by atoms with E-state index in [2.05, 4.69) is 38.7 Å². The second-order valence-electron chi connectivity index (χ2n) is 4.99. The number of thiol groups is 1. The lowest BCUT2D eigenvalue weighted by Gasteiger charge is -2.32. The number of rotatable bonds is 3. The van der Waals surface area contributed by atoms with Crippen LogP contribution in [0.3, 0.4) is 0 Å². The van der Waals surface area contributed by atoms with Gasteiger partial charge in [0, 0.05) is 5.56 Å². The first-order chi connectivity index (χ1) is 7.86. The number of ether oxygens (including phenoxy) is 1. The summed E-state index contributed by atoms with van der Waals surface area (Å²) in [5.41, 5.74) is 0.845. The summed E-state index contributed by atoms with van der Waals surface area (Å²) in [7, 11) is 1.63. The van der Waals surface area contributed by atoms with Gasteiger partial charge in [-0.2, -0.15) is 0 Å². The van der Waals surface area contributed by atoms with Crippen molar-refractivity contribution in [2.75, 3.05) is 7.11 Å². The minimum atomic E-state index is -0.337. The molecule has 1 unspecified atom stereocenters. The summed E-state index contributed by atoms with van der Waals surface area (Å²) in [6, 6.07) is 7.55. The smallest absolute Gasteiger partial charge is 0.276 e. The van der Waals surface area contributed by atoms with E-state index >= 15 is 0 Å². The Hall–Kier alpha value is -1.16. The SMILES string of the molecule is COc1ccccc1C(NC(=O)S)C(C)(C)C. The second kappa shape index (κ2) is 5.45. The number of hydrogen-bond acceptors (Lipinski definition) is 2. The first-order valence-electron chi connectivity index (χ1n) is 5.48. The standard InChI is InChI=1S/C13H19NO2S/c1-13(2,3)11(14-12(15)17)9-7-5-6-8-10(9)16-4/h5-8,11H,1-4H3,(H2,14,15,17). The zero-order chi connectivity index (χ0) is 13.1. The average Bonchev–Trinajstić information content (AvgIpc) is 2.24. The number of carbonyl (C=O) groups excluding carboxylic acids is 1. The highest BCUT2D eigenvalue weighted by molar-refractivity contribution is 7.96. The van der Waals surface area contributed by atoms with E-state index < -0.39 is 0 Å². The van der Waals surface area contributed by atoms with Gasteiger partial charge in [0.2, 0.25) is 0 Å². The molecule has 1 amide bonds. The van der Waals surface area contributed by atoms with Gasteiger partial charge in [-0.15, -0.1) is 0 Å². The summed E-state index contributed by atoms with van der Waals surface area (Å²) in [5.74, 6) is 0.773. The Morgan fingerprint density at radius 3 is 2.41 bits per heavy atom. The quantitative estimate of drug-likeness (QED) is 0.810. The molecule has 17 heavy (non-hydrogen) atoms. The molecule has 0 saturated carbocycles. The molecule has 94 valence electrons. The van der Waals surface area contributed by atoms with Crippen molar-refractivity contribution in [1.82, 2.24) is 5.32 Å². The molecule has 1 aromatic rings. The lowest BCUT2D eigenvalue weighted by Crippen LogP contribution is -2.34. The van der Waals surface area contributed by atoms with Gasteiger partial charge < -0.3 is 10.1 Å². The van der Waals surface area contributed by atoms with Gasteiger partial charge in [0.05, 0.1) is 13.2 Å². The van der Waals surface area contributed by atoms with E-state index in [-0.39, 0.29) is 16.7 Å². The van der Waals surface area contributed by atoms with Crippen LogP contribution in [0.2, 0.25) is 0 Å². The van der Waals surface area contributed by atoms with Crippen molar-refractivity contribution < 1.29 is 9.53 Å². The molecular formula is C13H19NO2S. The number of benzene rings is 1. The third kappa shape index (κ3) is 3.66. The molecule has 0 spiro atoms. The number of carbonyl (C=O) groups is 1. The largest absolute Gasteiger partial charge is 0.496 e. The van der Waals surface area contributed by atoms with E-state index in [1.807, 2.05) is 24.3 Å². The summed E-state index contributed by atoms with van der Waals surface area (Å²) in [6.07, 6.45) is 0. The molecule has 0 radical (unpaired) electrons. The Kier molecular flexibility index (Phi) is 4.46. The summed E-state index contributed by atoms with van der Waals surface area (Å²) in [5, 5.41) is 2.52. The van der Waals surface area contributed by atoms with Crippen molar-refractivity contribution in [3.8, 4) is 5.75 Å². The lowest BCUT2D eigenvalue weighted by atomic mass is 9.82. The maximum absolute atomic E-state index is 11.2. The maximum atomic E-state index is 11.2. The van der Waals surface area contributed by atoms with E-state index in [1.54, 1.807) is 7.11 Å². The van der Waals surface area contributed by atoms with E-state index in [1.165, 1.54) is 0 Å². The number of nitrogens with one attached hydrogen (secondary N) is 1. The van der Waals surface area contributed by atoms with Crippen LogP contribution < -0.4 is 10.1 Å². The molecule has 0 saturated heterocycles.